The number of halogens is 1. The number of nitro benzene ring substituents is 1. The number of rotatable bonds is 3. The predicted octanol–water partition coefficient (Wildman–Crippen LogP) is 2.78. The van der Waals surface area contributed by atoms with E-state index in [4.69, 9.17) is 4.42 Å². The minimum absolute atomic E-state index is 0.0972. The second-order valence-corrected chi connectivity index (χ2v) is 3.55. The van der Waals surface area contributed by atoms with E-state index in [0.29, 0.717) is 0 Å². The Kier molecular flexibility index (Phi) is 3.28. The lowest BCUT2D eigenvalue weighted by Crippen LogP contribution is -2.09. The van der Waals surface area contributed by atoms with Gasteiger partial charge in [0.1, 0.15) is 11.3 Å². The number of carbonyl (C=O) groups is 1. The standard InChI is InChI=1S/C12H8FNO5/c1-18-12(15)10-7(9-3-2-6-19-9)4-5-8(11(10)13)14(16)17/h2-6H,1H3. The Balaban J connectivity index is 2.72. The molecule has 19 heavy (non-hydrogen) atoms. The summed E-state index contributed by atoms with van der Waals surface area (Å²) in [5.74, 6) is -2.03. The summed E-state index contributed by atoms with van der Waals surface area (Å²) in [6.45, 7) is 0. The highest BCUT2D eigenvalue weighted by Gasteiger charge is 2.27. The van der Waals surface area contributed by atoms with Gasteiger partial charge in [-0.15, -0.1) is 0 Å². The van der Waals surface area contributed by atoms with Gasteiger partial charge in [-0.25, -0.2) is 4.79 Å². The van der Waals surface area contributed by atoms with Crippen molar-refractivity contribution in [1.29, 1.82) is 0 Å². The quantitative estimate of drug-likeness (QED) is 0.484. The topological polar surface area (TPSA) is 82.6 Å². The molecule has 0 aliphatic carbocycles. The first-order valence-corrected chi connectivity index (χ1v) is 5.15. The van der Waals surface area contributed by atoms with E-state index in [-0.39, 0.29) is 11.3 Å². The zero-order valence-electron chi connectivity index (χ0n) is 9.75. The number of carbonyl (C=O) groups excluding carboxylic acids is 1. The highest BCUT2D eigenvalue weighted by Crippen LogP contribution is 2.31. The van der Waals surface area contributed by atoms with Crippen LogP contribution >= 0.6 is 0 Å². The van der Waals surface area contributed by atoms with E-state index in [9.17, 15) is 19.3 Å². The third-order valence-corrected chi connectivity index (χ3v) is 2.49. The van der Waals surface area contributed by atoms with Crippen LogP contribution in [0.1, 0.15) is 10.4 Å². The molecule has 0 radical (unpaired) electrons. The monoisotopic (exact) mass is 265 g/mol. The average Bonchev–Trinajstić information content (AvgIpc) is 2.90. The van der Waals surface area contributed by atoms with Gasteiger partial charge in [0.25, 0.3) is 0 Å². The Hall–Kier alpha value is -2.70. The van der Waals surface area contributed by atoms with Crippen LogP contribution in [0, 0.1) is 15.9 Å². The number of esters is 1. The van der Waals surface area contributed by atoms with Crippen molar-refractivity contribution in [2.45, 2.75) is 0 Å². The Labute approximate surface area is 106 Å². The van der Waals surface area contributed by atoms with E-state index in [1.165, 1.54) is 18.4 Å². The van der Waals surface area contributed by atoms with Crippen molar-refractivity contribution < 1.29 is 23.3 Å². The molecule has 2 aromatic rings. The highest BCUT2D eigenvalue weighted by molar-refractivity contribution is 5.97. The summed E-state index contributed by atoms with van der Waals surface area (Å²) in [5, 5.41) is 10.7. The first-order valence-electron chi connectivity index (χ1n) is 5.15. The van der Waals surface area contributed by atoms with Crippen LogP contribution in [-0.4, -0.2) is 18.0 Å². The van der Waals surface area contributed by atoms with Crippen molar-refractivity contribution >= 4 is 11.7 Å². The third kappa shape index (κ3) is 2.17. The van der Waals surface area contributed by atoms with Gasteiger partial charge in [-0.3, -0.25) is 10.1 Å². The molecule has 0 saturated carbocycles. The number of nitrogens with zero attached hydrogens (tertiary/aromatic N) is 1. The van der Waals surface area contributed by atoms with Crippen LogP contribution in [0.4, 0.5) is 10.1 Å². The maximum absolute atomic E-state index is 14.0. The number of hydrogen-bond acceptors (Lipinski definition) is 5. The van der Waals surface area contributed by atoms with Gasteiger partial charge in [0.05, 0.1) is 18.3 Å². The van der Waals surface area contributed by atoms with E-state index >= 15 is 0 Å². The molecule has 1 aromatic carbocycles. The summed E-state index contributed by atoms with van der Waals surface area (Å²) in [4.78, 5) is 21.4. The summed E-state index contributed by atoms with van der Waals surface area (Å²) in [7, 11) is 1.06. The van der Waals surface area contributed by atoms with Gasteiger partial charge < -0.3 is 9.15 Å². The Morgan fingerprint density at radius 3 is 2.68 bits per heavy atom. The maximum Gasteiger partial charge on any atom is 0.341 e. The third-order valence-electron chi connectivity index (χ3n) is 2.49. The lowest BCUT2D eigenvalue weighted by atomic mass is 10.0. The fourth-order valence-electron chi connectivity index (χ4n) is 1.64. The van der Waals surface area contributed by atoms with Crippen molar-refractivity contribution in [1.82, 2.24) is 0 Å². The SMILES string of the molecule is COC(=O)c1c(-c2ccco2)ccc([N+](=O)[O-])c1F. The van der Waals surface area contributed by atoms with E-state index < -0.39 is 28.0 Å². The number of nitro groups is 1. The molecule has 0 unspecified atom stereocenters. The van der Waals surface area contributed by atoms with Gasteiger partial charge in [0.2, 0.25) is 5.82 Å². The molecule has 1 heterocycles. The maximum atomic E-state index is 14.0. The minimum Gasteiger partial charge on any atom is -0.465 e. The molecule has 2 rings (SSSR count). The van der Waals surface area contributed by atoms with Gasteiger partial charge >= 0.3 is 11.7 Å². The summed E-state index contributed by atoms with van der Waals surface area (Å²) >= 11 is 0. The Morgan fingerprint density at radius 1 is 1.42 bits per heavy atom. The smallest absolute Gasteiger partial charge is 0.341 e. The molecule has 0 amide bonds. The zero-order valence-corrected chi connectivity index (χ0v) is 9.75. The Morgan fingerprint density at radius 2 is 2.16 bits per heavy atom. The number of furan rings is 1. The average molecular weight is 265 g/mol. The van der Waals surface area contributed by atoms with E-state index in [2.05, 4.69) is 4.74 Å². The Bertz CT molecular complexity index is 636. The summed E-state index contributed by atoms with van der Waals surface area (Å²) in [6.07, 6.45) is 1.34. The molecule has 98 valence electrons. The van der Waals surface area contributed by atoms with Crippen molar-refractivity contribution in [3.05, 3.63) is 52.0 Å². The van der Waals surface area contributed by atoms with E-state index in [0.717, 1.165) is 13.2 Å². The van der Waals surface area contributed by atoms with Crippen LogP contribution in [0.15, 0.2) is 34.9 Å². The molecular weight excluding hydrogens is 257 g/mol. The molecule has 0 atom stereocenters. The molecule has 0 spiro atoms. The van der Waals surface area contributed by atoms with Gasteiger partial charge in [-0.05, 0) is 18.2 Å². The van der Waals surface area contributed by atoms with Crippen molar-refractivity contribution in [3.63, 3.8) is 0 Å². The molecule has 0 aliphatic rings. The highest BCUT2D eigenvalue weighted by atomic mass is 19.1. The van der Waals surface area contributed by atoms with Crippen LogP contribution in [-0.2, 0) is 4.74 Å². The molecule has 0 bridgehead atoms. The number of benzene rings is 1. The first-order chi connectivity index (χ1) is 9.06. The molecule has 0 N–H and O–H groups in total. The van der Waals surface area contributed by atoms with E-state index in [1.807, 2.05) is 0 Å². The molecule has 0 saturated heterocycles. The summed E-state index contributed by atoms with van der Waals surface area (Å²) in [5.41, 5.74) is -1.22. The van der Waals surface area contributed by atoms with Gasteiger partial charge in [-0.2, -0.15) is 4.39 Å². The normalized spacial score (nSPS) is 10.2. The zero-order chi connectivity index (χ0) is 14.0. The second-order valence-electron chi connectivity index (χ2n) is 3.55. The lowest BCUT2D eigenvalue weighted by Gasteiger charge is -2.07. The predicted molar refractivity (Wildman–Crippen MR) is 62.1 cm³/mol. The fraction of sp³-hybridized carbons (Fsp3) is 0.0833. The van der Waals surface area contributed by atoms with Crippen molar-refractivity contribution in [2.75, 3.05) is 7.11 Å². The molecule has 6 nitrogen and oxygen atoms in total. The summed E-state index contributed by atoms with van der Waals surface area (Å²) in [6, 6.07) is 5.27. The van der Waals surface area contributed by atoms with Crippen LogP contribution in [0.3, 0.4) is 0 Å². The van der Waals surface area contributed by atoms with Crippen LogP contribution in [0.5, 0.6) is 0 Å². The van der Waals surface area contributed by atoms with Gasteiger partial charge in [0.15, 0.2) is 0 Å². The van der Waals surface area contributed by atoms with Gasteiger partial charge in [-0.1, -0.05) is 0 Å². The largest absolute Gasteiger partial charge is 0.465 e. The fourth-order valence-corrected chi connectivity index (χ4v) is 1.64. The molecular formula is C12H8FNO5. The lowest BCUT2D eigenvalue weighted by molar-refractivity contribution is -0.387. The number of ether oxygens (including phenoxy) is 1. The second kappa shape index (κ2) is 4.89. The molecule has 7 heteroatoms. The molecule has 1 aromatic heterocycles. The number of methoxy groups -OCH3 is 1. The summed E-state index contributed by atoms with van der Waals surface area (Å²) < 4.78 is 23.5. The molecule has 0 aliphatic heterocycles. The van der Waals surface area contributed by atoms with Crippen LogP contribution in [0.25, 0.3) is 11.3 Å². The number of hydrogen-bond donors (Lipinski definition) is 0. The first kappa shape index (κ1) is 12.7. The van der Waals surface area contributed by atoms with Crippen LogP contribution in [0.2, 0.25) is 0 Å². The van der Waals surface area contributed by atoms with Crippen LogP contribution < -0.4 is 0 Å². The van der Waals surface area contributed by atoms with Crippen molar-refractivity contribution in [3.8, 4) is 11.3 Å². The van der Waals surface area contributed by atoms with Crippen molar-refractivity contribution in [2.24, 2.45) is 0 Å². The minimum atomic E-state index is -1.24. The van der Waals surface area contributed by atoms with Gasteiger partial charge in [0, 0.05) is 11.6 Å². The molecule has 0 fully saturated rings. The van der Waals surface area contributed by atoms with E-state index in [1.54, 1.807) is 6.07 Å².